The topological polar surface area (TPSA) is 239 Å². The Hall–Kier alpha value is -4.68. The first-order valence-corrected chi connectivity index (χ1v) is 27.5. The van der Waals surface area contributed by atoms with E-state index in [9.17, 15) is 38.9 Å². The Kier molecular flexibility index (Phi) is 12.3. The summed E-state index contributed by atoms with van der Waals surface area (Å²) in [6, 6.07) is 24.4. The van der Waals surface area contributed by atoms with Crippen molar-refractivity contribution in [1.29, 1.82) is 0 Å². The van der Waals surface area contributed by atoms with Gasteiger partial charge in [0.2, 0.25) is 11.1 Å². The lowest BCUT2D eigenvalue weighted by Gasteiger charge is -2.24. The van der Waals surface area contributed by atoms with E-state index < -0.39 is 52.3 Å². The van der Waals surface area contributed by atoms with E-state index in [1.165, 1.54) is 12.1 Å². The lowest BCUT2D eigenvalue weighted by molar-refractivity contribution is -0.432. The van der Waals surface area contributed by atoms with Gasteiger partial charge in [0.05, 0.1) is 33.5 Å². The number of hydrogen-bond donors (Lipinski definition) is 2. The number of benzene rings is 5. The van der Waals surface area contributed by atoms with Crippen molar-refractivity contribution in [3.63, 3.8) is 0 Å². The van der Waals surface area contributed by atoms with Gasteiger partial charge in [-0.3, -0.25) is 0 Å². The van der Waals surface area contributed by atoms with Crippen LogP contribution < -0.4 is 10.2 Å². The Bertz CT molecular complexity index is 3470. The van der Waals surface area contributed by atoms with Gasteiger partial charge in [-0.15, -0.1) is 4.33 Å². The summed E-state index contributed by atoms with van der Waals surface area (Å²) in [5.41, 5.74) is 11.6. The van der Waals surface area contributed by atoms with Crippen molar-refractivity contribution < 1.29 is 58.1 Å². The average Bonchev–Trinajstić information content (AvgIpc) is 3.94. The molecule has 1 saturated heterocycles. The lowest BCUT2D eigenvalue weighted by Crippen LogP contribution is -2.33. The van der Waals surface area contributed by atoms with Crippen LogP contribution in [0.5, 0.6) is 0 Å². The van der Waals surface area contributed by atoms with E-state index in [2.05, 4.69) is 23.2 Å². The average molecular weight is 1020 g/mol. The van der Waals surface area contributed by atoms with Gasteiger partial charge >= 0.3 is 0 Å². The quantitative estimate of drug-likeness (QED) is 0.0164. The maximum absolute atomic E-state index is 12.9. The van der Waals surface area contributed by atoms with Gasteiger partial charge in [-0.25, -0.2) is 35.0 Å². The highest BCUT2D eigenvalue weighted by atomic mass is 32.2. The van der Waals surface area contributed by atoms with Crippen LogP contribution in [0.1, 0.15) is 58.1 Å². The second kappa shape index (κ2) is 17.3. The highest BCUT2D eigenvalue weighted by molar-refractivity contribution is 8.03. The lowest BCUT2D eigenvalue weighted by atomic mass is 9.78. The third-order valence-electron chi connectivity index (χ3n) is 13.5. The number of hydrogen-bond acceptors (Lipinski definition) is 15. The van der Waals surface area contributed by atoms with Gasteiger partial charge in [-0.1, -0.05) is 41.1 Å². The molecular weight excluding hydrogens is 971 g/mol. The molecule has 3 heterocycles. The minimum atomic E-state index is -4.78. The summed E-state index contributed by atoms with van der Waals surface area (Å²) < 4.78 is 117. The molecule has 5 aromatic carbocycles. The first-order valence-electron chi connectivity index (χ1n) is 21.5. The third-order valence-corrected chi connectivity index (χ3v) is 18.0. The highest BCUT2D eigenvalue weighted by Gasteiger charge is 2.71. The predicted molar refractivity (Wildman–Crippen MR) is 260 cm³/mol. The summed E-state index contributed by atoms with van der Waals surface area (Å²) in [6.45, 7) is 7.95. The van der Waals surface area contributed by atoms with Gasteiger partial charge in [0, 0.05) is 49.7 Å². The van der Waals surface area contributed by atoms with Crippen LogP contribution in [0.4, 0.5) is 17.1 Å². The molecular formula is C48H46N3O12S5-. The van der Waals surface area contributed by atoms with Crippen molar-refractivity contribution in [3.8, 4) is 0 Å². The number of nitrogen functional groups attached to an aromatic ring is 1. The highest BCUT2D eigenvalue weighted by Crippen LogP contribution is 2.62. The van der Waals surface area contributed by atoms with Crippen LogP contribution in [0, 0.1) is 0 Å². The van der Waals surface area contributed by atoms with Crippen molar-refractivity contribution in [2.24, 2.45) is 0 Å². The summed E-state index contributed by atoms with van der Waals surface area (Å²) in [5.74, 6) is -0.623. The number of allylic oxidation sites excluding steroid dienone is 7. The third kappa shape index (κ3) is 8.68. The van der Waals surface area contributed by atoms with Crippen LogP contribution in [0.2, 0.25) is 0 Å². The Labute approximate surface area is 403 Å². The van der Waals surface area contributed by atoms with Gasteiger partial charge in [0.15, 0.2) is 28.9 Å². The molecule has 0 aromatic heterocycles. The van der Waals surface area contributed by atoms with Crippen molar-refractivity contribution in [1.82, 2.24) is 4.48 Å². The molecule has 20 heteroatoms. The summed E-state index contributed by atoms with van der Waals surface area (Å²) in [7, 11) is -14.1. The second-order valence-corrected chi connectivity index (χ2v) is 24.7. The molecule has 1 aliphatic carbocycles. The summed E-state index contributed by atoms with van der Waals surface area (Å²) in [6.07, 6.45) is 10.1. The minimum Gasteiger partial charge on any atom is -0.748 e. The van der Waals surface area contributed by atoms with Crippen LogP contribution in [-0.2, 0) is 50.6 Å². The molecule has 1 spiro atoms. The zero-order chi connectivity index (χ0) is 48.8. The van der Waals surface area contributed by atoms with E-state index >= 15 is 0 Å². The number of thioether (sulfide) groups is 1. The molecule has 0 amide bonds. The zero-order valence-corrected chi connectivity index (χ0v) is 41.2. The molecule has 3 N–H and O–H groups in total. The molecule has 5 aromatic rings. The van der Waals surface area contributed by atoms with Gasteiger partial charge in [-0.05, 0) is 146 Å². The Balaban J connectivity index is 1.18. The largest absolute Gasteiger partial charge is 0.748 e. The van der Waals surface area contributed by atoms with Crippen molar-refractivity contribution in [3.05, 3.63) is 142 Å². The van der Waals surface area contributed by atoms with Crippen molar-refractivity contribution in [2.45, 2.75) is 77.8 Å². The number of nitrogens with zero attached hydrogens (tertiary/aromatic N) is 2. The number of nitrogens with two attached hydrogens (primary N) is 1. The molecule has 4 aliphatic rings. The maximum Gasteiger partial charge on any atom is 0.238 e. The van der Waals surface area contributed by atoms with E-state index in [0.29, 0.717) is 45.6 Å². The number of fused-ring (bicyclic) bond motifs is 7. The fraction of sp³-hybridized carbons (Fsp3) is 0.271. The molecule has 9 rings (SSSR count). The SMILES string of the molecule is CC1(C)C(/C=C/C2=C(Sc3ccc(N)cc3)C(=C/C=C3\C(C)(C)c4c(ccc5cc(S(=O)(=O)[O-])ccc45)[N+]34CC4S(=O)(=O)[O-])/CCC2)=[N+](CCS(=O)(=O)[O-])c2ccc3cc(SOOO)ccc3c21. The maximum atomic E-state index is 12.9. The monoisotopic (exact) mass is 1020 g/mol. The molecule has 0 bridgehead atoms. The molecule has 3 aliphatic heterocycles. The number of quaternary nitrogens is 1. The molecule has 2 unspecified atom stereocenters. The van der Waals surface area contributed by atoms with Crippen LogP contribution >= 0.6 is 23.8 Å². The molecule has 68 heavy (non-hydrogen) atoms. The van der Waals surface area contributed by atoms with Crippen LogP contribution in [0.15, 0.2) is 146 Å². The van der Waals surface area contributed by atoms with E-state index in [1.54, 1.807) is 30.0 Å². The first-order chi connectivity index (χ1) is 31.9. The summed E-state index contributed by atoms with van der Waals surface area (Å²) >= 11 is 2.38. The molecule has 356 valence electrons. The Morgan fingerprint density at radius 2 is 1.49 bits per heavy atom. The fourth-order valence-corrected chi connectivity index (χ4v) is 14.1. The molecule has 0 saturated carbocycles. The molecule has 15 nitrogen and oxygen atoms in total. The van der Waals surface area contributed by atoms with Crippen LogP contribution in [-0.4, -0.2) is 78.7 Å². The molecule has 0 radical (unpaired) electrons. The smallest absolute Gasteiger partial charge is 0.238 e. The van der Waals surface area contributed by atoms with E-state index in [0.717, 1.165) is 72.7 Å². The van der Waals surface area contributed by atoms with E-state index in [1.807, 2.05) is 97.3 Å². The van der Waals surface area contributed by atoms with E-state index in [-0.39, 0.29) is 22.5 Å². The van der Waals surface area contributed by atoms with Crippen LogP contribution in [0.25, 0.3) is 21.5 Å². The van der Waals surface area contributed by atoms with Gasteiger partial charge in [0.25, 0.3) is 0 Å². The summed E-state index contributed by atoms with van der Waals surface area (Å²) in [4.78, 5) is 2.14. The van der Waals surface area contributed by atoms with E-state index in [4.69, 9.17) is 11.0 Å². The standard InChI is InChI=1S/C48H47N3O12S5/c1-47(2)41(50(24-25-66(53,54)55)39-20-8-31-26-35(65-63-62-52)16-18-37(31)44(39)47)22-10-29-6-5-7-30(46(29)64-34-14-12-33(49)13-15-34)11-23-42-48(3,4)45-38-19-17-36(67(56,57)58)27-32(38)9-21-40(45)51(42)28-43(51)68(59,60)61/h8-23,26-27,43H,5-7,24-25,28,49H2,1-4H3,(H2-2,52,53,54,55,56,57,58,59,60,61)/p-1/b22-10+,30-11+,42-23+. The van der Waals surface area contributed by atoms with Crippen LogP contribution in [0.3, 0.4) is 0 Å². The van der Waals surface area contributed by atoms with Crippen molar-refractivity contribution in [2.75, 3.05) is 24.6 Å². The summed E-state index contributed by atoms with van der Waals surface area (Å²) in [5, 5.41) is 14.1. The first kappa shape index (κ1) is 48.3. The fourth-order valence-electron chi connectivity index (χ4n) is 10.5. The van der Waals surface area contributed by atoms with Crippen molar-refractivity contribution >= 4 is 98.5 Å². The Morgan fingerprint density at radius 1 is 0.809 bits per heavy atom. The minimum absolute atomic E-state index is 0.0239. The number of rotatable bonds is 13. The number of anilines is 1. The molecule has 2 atom stereocenters. The van der Waals surface area contributed by atoms with Gasteiger partial charge in [0.1, 0.15) is 31.6 Å². The second-order valence-electron chi connectivity index (χ2n) is 18.4. The Morgan fingerprint density at radius 3 is 2.16 bits per heavy atom. The normalized spacial score (nSPS) is 22.4. The predicted octanol–water partition coefficient (Wildman–Crippen LogP) is 8.61. The van der Waals surface area contributed by atoms with Gasteiger partial charge in [-0.2, -0.15) is 4.58 Å². The zero-order valence-electron chi connectivity index (χ0n) is 37.2. The van der Waals surface area contributed by atoms with Gasteiger partial charge < -0.3 is 19.4 Å². The molecule has 1 fully saturated rings.